The highest BCUT2D eigenvalue weighted by molar-refractivity contribution is 5.97. The summed E-state index contributed by atoms with van der Waals surface area (Å²) in [6.07, 6.45) is 3.31. The molecule has 0 radical (unpaired) electrons. The van der Waals surface area contributed by atoms with Gasteiger partial charge in [-0.2, -0.15) is 15.5 Å². The van der Waals surface area contributed by atoms with Crippen LogP contribution >= 0.6 is 0 Å². The molecule has 0 spiro atoms. The van der Waals surface area contributed by atoms with E-state index in [0.29, 0.717) is 33.9 Å². The zero-order valence-corrected chi connectivity index (χ0v) is 15.3. The molecule has 0 amide bonds. The molecule has 4 aromatic rings. The van der Waals surface area contributed by atoms with Gasteiger partial charge in [0, 0.05) is 12.4 Å². The van der Waals surface area contributed by atoms with Gasteiger partial charge in [-0.05, 0) is 32.0 Å². The number of carbonyl (C=O) groups excluding carboxylic acids is 1. The van der Waals surface area contributed by atoms with Crippen LogP contribution in [0.1, 0.15) is 33.0 Å². The molecule has 3 aromatic heterocycles. The highest BCUT2D eigenvalue weighted by Gasteiger charge is 2.22. The second kappa shape index (κ2) is 6.96. The topological polar surface area (TPSA) is 98.1 Å². The van der Waals surface area contributed by atoms with Crippen molar-refractivity contribution in [2.24, 2.45) is 0 Å². The average Bonchev–Trinajstić information content (AvgIpc) is 3.22. The standard InChI is InChI=1S/C20H16N6O2/c1-13-16(11-21)17(26(24-13)15-7-4-3-5-8-15)12-28-20(27)18-14(2)23-25-10-6-9-22-19(18)25/h3-10H,12H2,1-2H3. The lowest BCUT2D eigenvalue weighted by Gasteiger charge is -2.09. The van der Waals surface area contributed by atoms with Crippen molar-refractivity contribution in [3.8, 4) is 11.8 Å². The minimum atomic E-state index is -0.548. The van der Waals surface area contributed by atoms with E-state index in [1.54, 1.807) is 37.0 Å². The monoisotopic (exact) mass is 372 g/mol. The minimum Gasteiger partial charge on any atom is -0.455 e. The highest BCUT2D eigenvalue weighted by Crippen LogP contribution is 2.21. The third-order valence-corrected chi connectivity index (χ3v) is 4.38. The second-order valence-corrected chi connectivity index (χ2v) is 6.19. The van der Waals surface area contributed by atoms with E-state index in [4.69, 9.17) is 4.74 Å². The van der Waals surface area contributed by atoms with Crippen molar-refractivity contribution in [2.75, 3.05) is 0 Å². The normalized spacial score (nSPS) is 10.8. The number of hydrogen-bond acceptors (Lipinski definition) is 6. The molecular weight excluding hydrogens is 356 g/mol. The lowest BCUT2D eigenvalue weighted by atomic mass is 10.2. The average molecular weight is 372 g/mol. The SMILES string of the molecule is Cc1nn(-c2ccccc2)c(COC(=O)c2c(C)nn3cccnc23)c1C#N. The van der Waals surface area contributed by atoms with Crippen LogP contribution in [0.2, 0.25) is 0 Å². The number of aryl methyl sites for hydroxylation is 2. The molecule has 0 atom stereocenters. The summed E-state index contributed by atoms with van der Waals surface area (Å²) in [7, 11) is 0. The fourth-order valence-corrected chi connectivity index (χ4v) is 3.08. The van der Waals surface area contributed by atoms with Crippen LogP contribution in [0.15, 0.2) is 48.8 Å². The van der Waals surface area contributed by atoms with Gasteiger partial charge in [0.2, 0.25) is 0 Å². The number of carbonyl (C=O) groups is 1. The molecule has 138 valence electrons. The van der Waals surface area contributed by atoms with Crippen LogP contribution in [-0.4, -0.2) is 30.3 Å². The Morgan fingerprint density at radius 1 is 1.14 bits per heavy atom. The number of aromatic nitrogens is 5. The number of esters is 1. The van der Waals surface area contributed by atoms with Crippen molar-refractivity contribution in [1.29, 1.82) is 5.26 Å². The summed E-state index contributed by atoms with van der Waals surface area (Å²) in [5, 5.41) is 18.2. The molecule has 0 saturated heterocycles. The van der Waals surface area contributed by atoms with Crippen LogP contribution < -0.4 is 0 Å². The fraction of sp³-hybridized carbons (Fsp3) is 0.150. The summed E-state index contributed by atoms with van der Waals surface area (Å²) in [4.78, 5) is 17.0. The Balaban J connectivity index is 1.68. The molecule has 0 bridgehead atoms. The lowest BCUT2D eigenvalue weighted by molar-refractivity contribution is 0.0466. The first-order valence-corrected chi connectivity index (χ1v) is 8.61. The molecular formula is C20H16N6O2. The zero-order valence-electron chi connectivity index (χ0n) is 15.3. The van der Waals surface area contributed by atoms with Crippen molar-refractivity contribution < 1.29 is 9.53 Å². The first-order valence-electron chi connectivity index (χ1n) is 8.61. The van der Waals surface area contributed by atoms with Gasteiger partial charge in [-0.3, -0.25) is 0 Å². The number of nitrogens with zero attached hydrogens (tertiary/aromatic N) is 6. The third kappa shape index (κ3) is 2.89. The number of ether oxygens (including phenoxy) is 1. The van der Waals surface area contributed by atoms with Gasteiger partial charge in [0.1, 0.15) is 23.8 Å². The van der Waals surface area contributed by atoms with E-state index < -0.39 is 5.97 Å². The summed E-state index contributed by atoms with van der Waals surface area (Å²) in [5.41, 5.74) is 3.53. The van der Waals surface area contributed by atoms with E-state index in [1.165, 1.54) is 4.52 Å². The van der Waals surface area contributed by atoms with Gasteiger partial charge in [0.05, 0.1) is 22.8 Å². The summed E-state index contributed by atoms with van der Waals surface area (Å²) in [6.45, 7) is 3.38. The maximum Gasteiger partial charge on any atom is 0.344 e. The third-order valence-electron chi connectivity index (χ3n) is 4.38. The van der Waals surface area contributed by atoms with Crippen molar-refractivity contribution >= 4 is 11.6 Å². The highest BCUT2D eigenvalue weighted by atomic mass is 16.5. The Hall–Kier alpha value is -3.99. The molecule has 0 unspecified atom stereocenters. The number of nitriles is 1. The molecule has 0 saturated carbocycles. The second-order valence-electron chi connectivity index (χ2n) is 6.19. The quantitative estimate of drug-likeness (QED) is 0.511. The van der Waals surface area contributed by atoms with Crippen LogP contribution in [0.3, 0.4) is 0 Å². The molecule has 3 heterocycles. The molecule has 0 aliphatic heterocycles. The van der Waals surface area contributed by atoms with E-state index in [2.05, 4.69) is 21.3 Å². The van der Waals surface area contributed by atoms with Gasteiger partial charge in [-0.25, -0.2) is 19.0 Å². The van der Waals surface area contributed by atoms with Gasteiger partial charge >= 0.3 is 5.97 Å². The lowest BCUT2D eigenvalue weighted by Crippen LogP contribution is -2.11. The Morgan fingerprint density at radius 3 is 2.68 bits per heavy atom. The number of hydrogen-bond donors (Lipinski definition) is 0. The van der Waals surface area contributed by atoms with Crippen molar-refractivity contribution in [3.63, 3.8) is 0 Å². The number of fused-ring (bicyclic) bond motifs is 1. The fourth-order valence-electron chi connectivity index (χ4n) is 3.08. The van der Waals surface area contributed by atoms with Crippen LogP contribution in [0, 0.1) is 25.2 Å². The summed E-state index contributed by atoms with van der Waals surface area (Å²) in [5.74, 6) is -0.548. The molecule has 0 fully saturated rings. The van der Waals surface area contributed by atoms with E-state index >= 15 is 0 Å². The smallest absolute Gasteiger partial charge is 0.344 e. The Labute approximate surface area is 160 Å². The molecule has 4 rings (SSSR count). The van der Waals surface area contributed by atoms with Crippen LogP contribution in [-0.2, 0) is 11.3 Å². The maximum atomic E-state index is 12.7. The van der Waals surface area contributed by atoms with Crippen molar-refractivity contribution in [3.05, 3.63) is 77.0 Å². The van der Waals surface area contributed by atoms with E-state index in [0.717, 1.165) is 5.69 Å². The van der Waals surface area contributed by atoms with Gasteiger partial charge < -0.3 is 4.74 Å². The van der Waals surface area contributed by atoms with Gasteiger partial charge in [-0.15, -0.1) is 0 Å². The van der Waals surface area contributed by atoms with E-state index in [9.17, 15) is 10.1 Å². The summed E-state index contributed by atoms with van der Waals surface area (Å²) >= 11 is 0. The van der Waals surface area contributed by atoms with Gasteiger partial charge in [0.25, 0.3) is 0 Å². The number of benzene rings is 1. The Bertz CT molecular complexity index is 1220. The molecule has 8 heteroatoms. The number of para-hydroxylation sites is 1. The minimum absolute atomic E-state index is 0.0962. The Morgan fingerprint density at radius 2 is 1.93 bits per heavy atom. The largest absolute Gasteiger partial charge is 0.455 e. The zero-order chi connectivity index (χ0) is 19.7. The summed E-state index contributed by atoms with van der Waals surface area (Å²) < 4.78 is 8.70. The van der Waals surface area contributed by atoms with Crippen LogP contribution in [0.5, 0.6) is 0 Å². The van der Waals surface area contributed by atoms with E-state index in [1.807, 2.05) is 30.3 Å². The predicted molar refractivity (Wildman–Crippen MR) is 99.9 cm³/mol. The molecule has 8 nitrogen and oxygen atoms in total. The van der Waals surface area contributed by atoms with Gasteiger partial charge in [-0.1, -0.05) is 18.2 Å². The molecule has 0 N–H and O–H groups in total. The molecule has 0 aliphatic carbocycles. The molecule has 1 aromatic carbocycles. The molecule has 0 aliphatic rings. The predicted octanol–water partition coefficient (Wildman–Crippen LogP) is 2.76. The Kier molecular flexibility index (Phi) is 4.33. The van der Waals surface area contributed by atoms with Crippen molar-refractivity contribution in [1.82, 2.24) is 24.4 Å². The summed E-state index contributed by atoms with van der Waals surface area (Å²) in [6, 6.07) is 13.3. The maximum absolute atomic E-state index is 12.7. The molecule has 28 heavy (non-hydrogen) atoms. The van der Waals surface area contributed by atoms with Gasteiger partial charge in [0.15, 0.2) is 5.65 Å². The van der Waals surface area contributed by atoms with E-state index in [-0.39, 0.29) is 6.61 Å². The van der Waals surface area contributed by atoms with Crippen LogP contribution in [0.4, 0.5) is 0 Å². The number of rotatable bonds is 4. The first kappa shape index (κ1) is 17.4. The first-order chi connectivity index (χ1) is 13.6. The van der Waals surface area contributed by atoms with Crippen LogP contribution in [0.25, 0.3) is 11.3 Å². The van der Waals surface area contributed by atoms with Crippen molar-refractivity contribution in [2.45, 2.75) is 20.5 Å².